The number of aliphatic hydroxyl groups is 8. The van der Waals surface area contributed by atoms with Crippen LogP contribution in [0.15, 0.2) is 72.8 Å². The summed E-state index contributed by atoms with van der Waals surface area (Å²) in [7, 11) is 0. The van der Waals surface area contributed by atoms with Crippen LogP contribution in [0.5, 0.6) is 11.5 Å². The molecule has 0 aliphatic heterocycles. The Kier molecular flexibility index (Phi) is 60.4. The predicted octanol–water partition coefficient (Wildman–Crippen LogP) is 7.55. The zero-order valence-electron chi connectivity index (χ0n) is 74.0. The molecule has 0 saturated heterocycles. The molecule has 0 aliphatic carbocycles. The largest absolute Gasteiger partial charge is 0.465 e. The van der Waals surface area contributed by atoms with Crippen LogP contribution in [0.1, 0.15) is 235 Å². The molecule has 2 atom stereocenters. The molecule has 2 unspecified atom stereocenters. The fourth-order valence-electron chi connectivity index (χ4n) is 12.3. The average Bonchev–Trinajstić information content (AvgIpc) is 0.762. The van der Waals surface area contributed by atoms with Gasteiger partial charge < -0.3 is 107 Å². The third kappa shape index (κ3) is 48.9. The minimum Gasteiger partial charge on any atom is -0.465 e. The molecule has 128 heavy (non-hydrogen) atoms. The van der Waals surface area contributed by atoms with Gasteiger partial charge in [-0.15, -0.1) is 0 Å². The summed E-state index contributed by atoms with van der Waals surface area (Å²) in [5.74, 6) is -21.2. The van der Waals surface area contributed by atoms with Crippen LogP contribution in [0.2, 0.25) is 0 Å². The van der Waals surface area contributed by atoms with Crippen molar-refractivity contribution >= 4 is 83.6 Å². The Morgan fingerprint density at radius 3 is 0.664 bits per heavy atom. The molecule has 36 heteroatoms. The maximum Gasteiger partial charge on any atom is 0.356 e. The number of carbonyl (C=O) groups excluding carboxylic acids is 14. The number of unbranched alkanes of at least 4 members (excludes halogenated alkanes) is 16. The van der Waals surface area contributed by atoms with Crippen molar-refractivity contribution in [3.8, 4) is 11.5 Å². The number of hydrogen-bond donors (Lipinski definition) is 8. The molecule has 0 aromatic heterocycles. The van der Waals surface area contributed by atoms with Gasteiger partial charge in [0.2, 0.25) is 6.10 Å². The second-order valence-electron chi connectivity index (χ2n) is 30.9. The molecule has 718 valence electrons. The third-order valence-corrected chi connectivity index (χ3v) is 20.2. The zero-order chi connectivity index (χ0) is 94.0. The smallest absolute Gasteiger partial charge is 0.356 e. The summed E-state index contributed by atoms with van der Waals surface area (Å²) in [5.41, 5.74) is 1.53. The maximum absolute atomic E-state index is 14.7. The number of ether oxygens (including phenoxy) is 14. The van der Waals surface area contributed by atoms with Crippen molar-refractivity contribution in [1.82, 2.24) is 0 Å². The first-order chi connectivity index (χ1) is 61.8. The summed E-state index contributed by atoms with van der Waals surface area (Å²) in [6.45, 7) is -5.48. The second kappa shape index (κ2) is 69.0. The fourth-order valence-corrected chi connectivity index (χ4v) is 12.3. The number of benzene rings is 3. The molecule has 0 aliphatic rings. The van der Waals surface area contributed by atoms with E-state index in [1.807, 2.05) is 38.1 Å². The van der Waals surface area contributed by atoms with E-state index in [2.05, 4.69) is 0 Å². The van der Waals surface area contributed by atoms with Gasteiger partial charge in [0, 0.05) is 110 Å². The van der Waals surface area contributed by atoms with E-state index in [0.29, 0.717) is 171 Å². The van der Waals surface area contributed by atoms with E-state index in [9.17, 15) is 108 Å². The number of esters is 14. The highest BCUT2D eigenvalue weighted by Crippen LogP contribution is 2.40. The molecule has 0 spiro atoms. The Bertz CT molecular complexity index is 3530. The number of aryl methyl sites for hydroxylation is 1. The highest BCUT2D eigenvalue weighted by molar-refractivity contribution is 5.84. The van der Waals surface area contributed by atoms with Crippen LogP contribution < -0.4 is 9.47 Å². The standard InChI is InChI=1S/C92H134O36/c1-66-35-37-72(38-36-66)92(2,74-41-45-76(46-42-74)127-91(114)77(128-90(113)70(61-121-84(107)33-17-9-25-53-99)62-122-85(108)34-18-10-26-54-100)65-125-88(111)69(59-119-82(105)31-15-7-23-51-97)60-120-83(106)32-16-8-24-52-98)73-39-43-75(44-40-73)126-89(112)71(63-123-86(109)67(55-115-78(101)27-11-3-19-47-93)56-116-79(102)28-12-4-20-48-94)64-124-87(110)68(57-117-80(103)29-13-5-21-49-95)58-118-81(104)30-14-6-22-50-96/h35-46,67-71,77,93-100H,3-34,47-65H2,1-2H3. The quantitative estimate of drug-likeness (QED) is 0.00888. The van der Waals surface area contributed by atoms with Gasteiger partial charge in [-0.25, -0.2) is 4.79 Å². The SMILES string of the molecule is Cc1ccc(C(C)(c2ccc(OC(=O)C(COC(=O)C(COC(=O)CCCCCO)COC(=O)CCCCCO)COC(=O)C(COC(=O)CCCCCO)COC(=O)CCCCCO)cc2)c2ccc(OC(=O)C(COC(=O)C(COC(=O)CCCCCO)COC(=O)CCCCCO)OC(=O)C(COC(=O)CCCCCO)COC(=O)CCCCCO)cc2)cc1. The van der Waals surface area contributed by atoms with Crippen LogP contribution in [-0.2, 0) is 129 Å². The molecular formula is C92H134O36. The number of aliphatic hydroxyl groups excluding tert-OH is 8. The normalized spacial score (nSPS) is 11.9. The molecule has 0 radical (unpaired) electrons. The maximum atomic E-state index is 14.7. The monoisotopic (exact) mass is 1810 g/mol. The summed E-state index contributed by atoms with van der Waals surface area (Å²) in [4.78, 5) is 189. The van der Waals surface area contributed by atoms with Crippen LogP contribution in [0, 0.1) is 36.5 Å². The highest BCUT2D eigenvalue weighted by atomic mass is 16.6. The van der Waals surface area contributed by atoms with E-state index in [0.717, 1.165) is 5.56 Å². The Hall–Kier alpha value is -10.1. The van der Waals surface area contributed by atoms with Crippen LogP contribution in [-0.4, -0.2) is 256 Å². The van der Waals surface area contributed by atoms with Gasteiger partial charge in [-0.3, -0.25) is 62.3 Å². The summed E-state index contributed by atoms with van der Waals surface area (Å²) in [5, 5.41) is 73.9. The van der Waals surface area contributed by atoms with E-state index in [1.54, 1.807) is 24.3 Å². The molecule has 36 nitrogen and oxygen atoms in total. The second-order valence-corrected chi connectivity index (χ2v) is 30.9. The van der Waals surface area contributed by atoms with Crippen molar-refractivity contribution in [2.45, 2.75) is 231 Å². The van der Waals surface area contributed by atoms with Crippen molar-refractivity contribution < 1.29 is 174 Å². The average molecular weight is 1820 g/mol. The van der Waals surface area contributed by atoms with Gasteiger partial charge in [0.05, 0.1) is 0 Å². The molecule has 8 N–H and O–H groups in total. The summed E-state index contributed by atoms with van der Waals surface area (Å²) in [6.07, 6.45) is 6.81. The summed E-state index contributed by atoms with van der Waals surface area (Å²) in [6, 6.07) is 19.6. The summed E-state index contributed by atoms with van der Waals surface area (Å²) >= 11 is 0. The van der Waals surface area contributed by atoms with Gasteiger partial charge in [-0.1, -0.05) is 105 Å². The van der Waals surface area contributed by atoms with E-state index >= 15 is 0 Å². The van der Waals surface area contributed by atoms with Crippen molar-refractivity contribution in [2.24, 2.45) is 29.6 Å². The van der Waals surface area contributed by atoms with Gasteiger partial charge in [0.15, 0.2) is 0 Å². The molecule has 0 bridgehead atoms. The lowest BCUT2D eigenvalue weighted by atomic mass is 9.71. The molecule has 0 fully saturated rings. The fraction of sp³-hybridized carbons (Fsp3) is 0.652. The number of rotatable bonds is 74. The number of carbonyl (C=O) groups is 14. The molecule has 0 amide bonds. The Labute approximate surface area is 747 Å². The lowest BCUT2D eigenvalue weighted by Gasteiger charge is -2.32. The lowest BCUT2D eigenvalue weighted by molar-refractivity contribution is -0.179. The highest BCUT2D eigenvalue weighted by Gasteiger charge is 2.38. The van der Waals surface area contributed by atoms with Crippen molar-refractivity contribution in [2.75, 3.05) is 126 Å². The Morgan fingerprint density at radius 1 is 0.234 bits per heavy atom. The molecule has 3 aromatic rings. The van der Waals surface area contributed by atoms with Crippen molar-refractivity contribution in [3.63, 3.8) is 0 Å². The van der Waals surface area contributed by atoms with Gasteiger partial charge in [-0.05, 0) is 158 Å². The van der Waals surface area contributed by atoms with E-state index in [1.165, 1.54) is 24.3 Å². The van der Waals surface area contributed by atoms with Gasteiger partial charge in [-0.2, -0.15) is 0 Å². The predicted molar refractivity (Wildman–Crippen MR) is 453 cm³/mol. The molecule has 3 rings (SSSR count). The van der Waals surface area contributed by atoms with Crippen LogP contribution >= 0.6 is 0 Å². The first kappa shape index (κ1) is 112. The van der Waals surface area contributed by atoms with Crippen LogP contribution in [0.4, 0.5) is 0 Å². The van der Waals surface area contributed by atoms with Crippen molar-refractivity contribution in [1.29, 1.82) is 0 Å². The molecule has 0 saturated carbocycles. The van der Waals surface area contributed by atoms with Crippen LogP contribution in [0.3, 0.4) is 0 Å². The first-order valence-electron chi connectivity index (χ1n) is 44.3. The van der Waals surface area contributed by atoms with Crippen LogP contribution in [0.25, 0.3) is 0 Å². The number of hydrogen-bond acceptors (Lipinski definition) is 36. The lowest BCUT2D eigenvalue weighted by Crippen LogP contribution is -2.40. The molecule has 3 aromatic carbocycles. The Morgan fingerprint density at radius 2 is 0.430 bits per heavy atom. The van der Waals surface area contributed by atoms with Gasteiger partial charge in [0.1, 0.15) is 114 Å². The topological polar surface area (TPSA) is 530 Å². The van der Waals surface area contributed by atoms with E-state index in [-0.39, 0.29) is 116 Å². The minimum atomic E-state index is -2.17. The summed E-state index contributed by atoms with van der Waals surface area (Å²) < 4.78 is 77.7. The molecular weight excluding hydrogens is 1680 g/mol. The van der Waals surface area contributed by atoms with E-state index in [4.69, 9.17) is 66.3 Å². The zero-order valence-corrected chi connectivity index (χ0v) is 74.0. The third-order valence-electron chi connectivity index (χ3n) is 20.2. The van der Waals surface area contributed by atoms with Crippen molar-refractivity contribution in [3.05, 3.63) is 95.1 Å². The van der Waals surface area contributed by atoms with Gasteiger partial charge in [0.25, 0.3) is 0 Å². The molecule has 0 heterocycles. The Balaban J connectivity index is 2.17. The first-order valence-corrected chi connectivity index (χ1v) is 44.3. The van der Waals surface area contributed by atoms with E-state index < -0.39 is 197 Å². The minimum absolute atomic E-state index is 0.0863. The van der Waals surface area contributed by atoms with Gasteiger partial charge >= 0.3 is 83.6 Å².